The lowest BCUT2D eigenvalue weighted by Gasteiger charge is -2.21. The van der Waals surface area contributed by atoms with Crippen molar-refractivity contribution in [2.45, 2.75) is 73.8 Å². The zero-order valence-electron chi connectivity index (χ0n) is 22.1. The molecule has 0 radical (unpaired) electrons. The molecule has 0 fully saturated rings. The topological polar surface area (TPSA) is 117 Å². The Morgan fingerprint density at radius 3 is 2.00 bits per heavy atom. The molecule has 0 aliphatic carbocycles. The first-order chi connectivity index (χ1) is 16.2. The summed E-state index contributed by atoms with van der Waals surface area (Å²) >= 11 is 0. The van der Waals surface area contributed by atoms with E-state index >= 15 is 0 Å². The van der Waals surface area contributed by atoms with E-state index in [2.05, 4.69) is 5.32 Å². The maximum atomic E-state index is 12.5. The molecule has 196 valence electrons. The second-order valence-electron chi connectivity index (χ2n) is 10.3. The van der Waals surface area contributed by atoms with Crippen molar-refractivity contribution in [1.82, 2.24) is 5.32 Å². The standard InChI is InChI=1S/C26H39NO8/c1-9-10-21(28)33-14-13-27-18(22(29)32-8)15-17-11-12-19(34-23(30)25(2,3)4)20(16-17)35-24(31)26(5,6)7/h11-12,16,18,27H,9-10,13-15H2,1-8H3/t18-/m0/s1. The summed E-state index contributed by atoms with van der Waals surface area (Å²) in [4.78, 5) is 48.8. The molecule has 0 amide bonds. The Kier molecular flexibility index (Phi) is 11.4. The van der Waals surface area contributed by atoms with E-state index in [9.17, 15) is 19.2 Å². The number of benzene rings is 1. The molecule has 9 nitrogen and oxygen atoms in total. The second kappa shape index (κ2) is 13.2. The predicted molar refractivity (Wildman–Crippen MR) is 130 cm³/mol. The highest BCUT2D eigenvalue weighted by Crippen LogP contribution is 2.33. The predicted octanol–water partition coefficient (Wildman–Crippen LogP) is 3.61. The molecular formula is C26H39NO8. The Hall–Kier alpha value is -2.94. The maximum Gasteiger partial charge on any atom is 0.323 e. The van der Waals surface area contributed by atoms with Crippen molar-refractivity contribution in [3.63, 3.8) is 0 Å². The van der Waals surface area contributed by atoms with Crippen molar-refractivity contribution < 1.29 is 38.1 Å². The van der Waals surface area contributed by atoms with Crippen LogP contribution in [-0.2, 0) is 35.1 Å². The number of rotatable bonds is 11. The van der Waals surface area contributed by atoms with Gasteiger partial charge in [0.15, 0.2) is 11.5 Å². The highest BCUT2D eigenvalue weighted by Gasteiger charge is 2.29. The van der Waals surface area contributed by atoms with Gasteiger partial charge in [-0.3, -0.25) is 19.2 Å². The monoisotopic (exact) mass is 493 g/mol. The molecule has 9 heteroatoms. The van der Waals surface area contributed by atoms with Crippen LogP contribution in [0, 0.1) is 10.8 Å². The fourth-order valence-corrected chi connectivity index (χ4v) is 2.64. The first-order valence-corrected chi connectivity index (χ1v) is 11.7. The molecule has 0 unspecified atom stereocenters. The van der Waals surface area contributed by atoms with Crippen LogP contribution in [0.1, 0.15) is 66.9 Å². The summed E-state index contributed by atoms with van der Waals surface area (Å²) < 4.78 is 21.1. The average molecular weight is 494 g/mol. The van der Waals surface area contributed by atoms with Crippen molar-refractivity contribution in [3.05, 3.63) is 23.8 Å². The molecule has 1 aromatic rings. The smallest absolute Gasteiger partial charge is 0.323 e. The molecule has 0 saturated heterocycles. The lowest BCUT2D eigenvalue weighted by molar-refractivity contribution is -0.145. The summed E-state index contributed by atoms with van der Waals surface area (Å²) in [6.07, 6.45) is 1.23. The number of esters is 4. The summed E-state index contributed by atoms with van der Waals surface area (Å²) in [6, 6.07) is 4.04. The third-order valence-corrected chi connectivity index (χ3v) is 4.77. The van der Waals surface area contributed by atoms with E-state index in [1.54, 1.807) is 53.7 Å². The Bertz CT molecular complexity index is 896. The van der Waals surface area contributed by atoms with Crippen LogP contribution < -0.4 is 14.8 Å². The number of hydrogen-bond donors (Lipinski definition) is 1. The van der Waals surface area contributed by atoms with E-state index in [1.807, 2.05) is 6.92 Å². The van der Waals surface area contributed by atoms with Gasteiger partial charge in [0.25, 0.3) is 0 Å². The molecule has 0 aromatic heterocycles. The summed E-state index contributed by atoms with van der Waals surface area (Å²) in [5.41, 5.74) is -0.903. The molecular weight excluding hydrogens is 454 g/mol. The minimum atomic E-state index is -0.785. The van der Waals surface area contributed by atoms with Gasteiger partial charge >= 0.3 is 23.9 Å². The van der Waals surface area contributed by atoms with Gasteiger partial charge in [0.2, 0.25) is 0 Å². The van der Waals surface area contributed by atoms with E-state index in [4.69, 9.17) is 18.9 Å². The normalized spacial score (nSPS) is 12.5. The Labute approximate surface area is 207 Å². The van der Waals surface area contributed by atoms with Crippen LogP contribution in [0.3, 0.4) is 0 Å². The van der Waals surface area contributed by atoms with Gasteiger partial charge in [-0.15, -0.1) is 0 Å². The van der Waals surface area contributed by atoms with Gasteiger partial charge in [0.05, 0.1) is 17.9 Å². The van der Waals surface area contributed by atoms with Crippen molar-refractivity contribution in [3.8, 4) is 11.5 Å². The molecule has 1 atom stereocenters. The lowest BCUT2D eigenvalue weighted by atomic mass is 9.97. The Morgan fingerprint density at radius 1 is 0.914 bits per heavy atom. The molecule has 1 N–H and O–H groups in total. The van der Waals surface area contributed by atoms with Gasteiger partial charge in [-0.1, -0.05) is 13.0 Å². The zero-order valence-corrected chi connectivity index (χ0v) is 22.1. The number of nitrogens with one attached hydrogen (secondary N) is 1. The Morgan fingerprint density at radius 2 is 1.49 bits per heavy atom. The summed E-state index contributed by atoms with van der Waals surface area (Å²) in [6.45, 7) is 12.5. The number of hydrogen-bond acceptors (Lipinski definition) is 9. The first kappa shape index (κ1) is 30.1. The van der Waals surface area contributed by atoms with Gasteiger partial charge in [0.1, 0.15) is 12.6 Å². The van der Waals surface area contributed by atoms with E-state index in [-0.39, 0.29) is 37.0 Å². The summed E-state index contributed by atoms with van der Waals surface area (Å²) in [5.74, 6) is -1.59. The van der Waals surface area contributed by atoms with Crippen LogP contribution in [0.5, 0.6) is 11.5 Å². The van der Waals surface area contributed by atoms with Crippen molar-refractivity contribution in [1.29, 1.82) is 0 Å². The zero-order chi connectivity index (χ0) is 26.8. The number of carbonyl (C=O) groups excluding carboxylic acids is 4. The van der Waals surface area contributed by atoms with Crippen LogP contribution in [0.4, 0.5) is 0 Å². The van der Waals surface area contributed by atoms with Crippen LogP contribution in [-0.4, -0.2) is 50.2 Å². The molecule has 0 aliphatic rings. The molecule has 1 aromatic carbocycles. The van der Waals surface area contributed by atoms with Crippen LogP contribution in [0.25, 0.3) is 0 Å². The third-order valence-electron chi connectivity index (χ3n) is 4.77. The molecule has 0 heterocycles. The highest BCUT2D eigenvalue weighted by molar-refractivity contribution is 5.81. The minimum Gasteiger partial charge on any atom is -0.468 e. The van der Waals surface area contributed by atoms with Gasteiger partial charge in [-0.2, -0.15) is 0 Å². The number of ether oxygens (including phenoxy) is 4. The van der Waals surface area contributed by atoms with Gasteiger partial charge in [-0.25, -0.2) is 0 Å². The van der Waals surface area contributed by atoms with E-state index in [0.717, 1.165) is 0 Å². The largest absolute Gasteiger partial charge is 0.468 e. The molecule has 0 aliphatic heterocycles. The van der Waals surface area contributed by atoms with Crippen LogP contribution in [0.2, 0.25) is 0 Å². The van der Waals surface area contributed by atoms with Gasteiger partial charge in [0, 0.05) is 13.0 Å². The van der Waals surface area contributed by atoms with E-state index in [1.165, 1.54) is 13.2 Å². The first-order valence-electron chi connectivity index (χ1n) is 11.7. The SMILES string of the molecule is CCCC(=O)OCCN[C@@H](Cc1ccc(OC(=O)C(C)(C)C)c(OC(=O)C(C)(C)C)c1)C(=O)OC. The van der Waals surface area contributed by atoms with Gasteiger partial charge < -0.3 is 24.3 Å². The quantitative estimate of drug-likeness (QED) is 0.280. The fraction of sp³-hybridized carbons (Fsp3) is 0.615. The highest BCUT2D eigenvalue weighted by atomic mass is 16.6. The van der Waals surface area contributed by atoms with Gasteiger partial charge in [-0.05, 0) is 72.1 Å². The molecule has 0 saturated carbocycles. The minimum absolute atomic E-state index is 0.0807. The molecule has 0 spiro atoms. The van der Waals surface area contributed by atoms with Crippen molar-refractivity contribution in [2.75, 3.05) is 20.3 Å². The average Bonchev–Trinajstić information content (AvgIpc) is 2.75. The number of methoxy groups -OCH3 is 1. The number of carbonyl (C=O) groups is 4. The second-order valence-corrected chi connectivity index (χ2v) is 10.3. The molecule has 1 rings (SSSR count). The maximum absolute atomic E-state index is 12.5. The van der Waals surface area contributed by atoms with Crippen molar-refractivity contribution >= 4 is 23.9 Å². The third kappa shape index (κ3) is 10.5. The van der Waals surface area contributed by atoms with Crippen LogP contribution in [0.15, 0.2) is 18.2 Å². The van der Waals surface area contributed by atoms with E-state index in [0.29, 0.717) is 18.4 Å². The summed E-state index contributed by atoms with van der Waals surface area (Å²) in [7, 11) is 1.28. The van der Waals surface area contributed by atoms with E-state index < -0.39 is 34.8 Å². The lowest BCUT2D eigenvalue weighted by Crippen LogP contribution is -2.41. The molecule has 35 heavy (non-hydrogen) atoms. The van der Waals surface area contributed by atoms with Crippen molar-refractivity contribution in [2.24, 2.45) is 10.8 Å². The Balaban J connectivity index is 3.09. The molecule has 0 bridgehead atoms. The summed E-state index contributed by atoms with van der Waals surface area (Å²) in [5, 5.41) is 3.02. The van der Waals surface area contributed by atoms with Crippen LogP contribution >= 0.6 is 0 Å². The fourth-order valence-electron chi connectivity index (χ4n) is 2.64.